The Labute approximate surface area is 130 Å². The lowest BCUT2D eigenvalue weighted by molar-refractivity contribution is -0.0429. The molecule has 1 unspecified atom stereocenters. The van der Waals surface area contributed by atoms with Crippen LogP contribution in [0.2, 0.25) is 0 Å². The Morgan fingerprint density at radius 1 is 1.23 bits per heavy atom. The molecular weight excluding hydrogens is 280 g/mol. The summed E-state index contributed by atoms with van der Waals surface area (Å²) in [7, 11) is 1.69. The Bertz CT molecular complexity index is 632. The lowest BCUT2D eigenvalue weighted by Crippen LogP contribution is -2.27. The topological polar surface area (TPSA) is 57.4 Å². The van der Waals surface area contributed by atoms with E-state index in [1.54, 1.807) is 7.11 Å². The standard InChI is InChI=1S/C17H22N2O3/c1-11(2)21-14-9-5-12(6-10-14)15-18-16(22-19-15)17(3,20-4)13-7-8-13/h5-6,9-11,13H,7-8H2,1-4H3. The second kappa shape index (κ2) is 5.72. The zero-order valence-corrected chi connectivity index (χ0v) is 13.5. The highest BCUT2D eigenvalue weighted by Gasteiger charge is 2.47. The molecule has 5 nitrogen and oxygen atoms in total. The highest BCUT2D eigenvalue weighted by molar-refractivity contribution is 5.55. The fourth-order valence-electron chi connectivity index (χ4n) is 2.56. The van der Waals surface area contributed by atoms with Crippen molar-refractivity contribution in [1.29, 1.82) is 0 Å². The molecule has 0 spiro atoms. The Kier molecular flexibility index (Phi) is 3.91. The third kappa shape index (κ3) is 2.86. The fourth-order valence-corrected chi connectivity index (χ4v) is 2.56. The largest absolute Gasteiger partial charge is 0.491 e. The van der Waals surface area contributed by atoms with Gasteiger partial charge in [-0.15, -0.1) is 0 Å². The van der Waals surface area contributed by atoms with Crippen LogP contribution in [0.5, 0.6) is 5.75 Å². The maximum Gasteiger partial charge on any atom is 0.259 e. The molecule has 0 bridgehead atoms. The van der Waals surface area contributed by atoms with Gasteiger partial charge in [-0.3, -0.25) is 0 Å². The second-order valence-corrected chi connectivity index (χ2v) is 6.20. The molecule has 0 radical (unpaired) electrons. The minimum absolute atomic E-state index is 0.156. The van der Waals surface area contributed by atoms with E-state index in [1.807, 2.05) is 45.0 Å². The van der Waals surface area contributed by atoms with Crippen molar-refractivity contribution in [3.8, 4) is 17.1 Å². The van der Waals surface area contributed by atoms with Crippen LogP contribution in [0.3, 0.4) is 0 Å². The molecule has 0 aliphatic heterocycles. The summed E-state index contributed by atoms with van der Waals surface area (Å²) in [5, 5.41) is 4.09. The molecule has 1 heterocycles. The Hall–Kier alpha value is -1.88. The summed E-state index contributed by atoms with van der Waals surface area (Å²) in [4.78, 5) is 4.53. The maximum absolute atomic E-state index is 5.64. The maximum atomic E-state index is 5.64. The zero-order chi connectivity index (χ0) is 15.7. The first-order valence-electron chi connectivity index (χ1n) is 7.69. The average molecular weight is 302 g/mol. The van der Waals surface area contributed by atoms with Gasteiger partial charge in [0.25, 0.3) is 5.89 Å². The molecule has 118 valence electrons. The minimum Gasteiger partial charge on any atom is -0.491 e. The molecule has 1 aliphatic carbocycles. The van der Waals surface area contributed by atoms with E-state index in [9.17, 15) is 0 Å². The Morgan fingerprint density at radius 2 is 1.91 bits per heavy atom. The monoisotopic (exact) mass is 302 g/mol. The molecule has 5 heteroatoms. The van der Waals surface area contributed by atoms with E-state index in [0.29, 0.717) is 17.6 Å². The number of aromatic nitrogens is 2. The number of rotatable bonds is 6. The molecule has 1 aromatic carbocycles. The zero-order valence-electron chi connectivity index (χ0n) is 13.5. The van der Waals surface area contributed by atoms with Gasteiger partial charge in [0.15, 0.2) is 0 Å². The van der Waals surface area contributed by atoms with Crippen molar-refractivity contribution in [2.24, 2.45) is 5.92 Å². The average Bonchev–Trinajstić information content (AvgIpc) is 3.24. The Morgan fingerprint density at radius 3 is 2.45 bits per heavy atom. The van der Waals surface area contributed by atoms with Gasteiger partial charge in [0, 0.05) is 12.7 Å². The van der Waals surface area contributed by atoms with E-state index in [-0.39, 0.29) is 6.10 Å². The van der Waals surface area contributed by atoms with Gasteiger partial charge in [-0.1, -0.05) is 5.16 Å². The molecule has 0 amide bonds. The van der Waals surface area contributed by atoms with Gasteiger partial charge >= 0.3 is 0 Å². The molecular formula is C17H22N2O3. The van der Waals surface area contributed by atoms with Crippen molar-refractivity contribution in [3.05, 3.63) is 30.2 Å². The first-order valence-corrected chi connectivity index (χ1v) is 7.69. The SMILES string of the molecule is COC(C)(c1nc(-c2ccc(OC(C)C)cc2)no1)C1CC1. The lowest BCUT2D eigenvalue weighted by Gasteiger charge is -2.23. The molecule has 2 aromatic rings. The van der Waals surface area contributed by atoms with Gasteiger partial charge in [0.05, 0.1) is 6.10 Å². The quantitative estimate of drug-likeness (QED) is 0.812. The van der Waals surface area contributed by atoms with E-state index in [0.717, 1.165) is 24.2 Å². The van der Waals surface area contributed by atoms with Crippen LogP contribution >= 0.6 is 0 Å². The van der Waals surface area contributed by atoms with Gasteiger partial charge in [-0.25, -0.2) is 0 Å². The molecule has 1 fully saturated rings. The van der Waals surface area contributed by atoms with E-state index >= 15 is 0 Å². The fraction of sp³-hybridized carbons (Fsp3) is 0.529. The normalized spacial score (nSPS) is 17.5. The van der Waals surface area contributed by atoms with Gasteiger partial charge in [0.1, 0.15) is 11.4 Å². The molecule has 22 heavy (non-hydrogen) atoms. The predicted octanol–water partition coefficient (Wildman–Crippen LogP) is 3.80. The van der Waals surface area contributed by atoms with Crippen LogP contribution in [-0.4, -0.2) is 23.4 Å². The van der Waals surface area contributed by atoms with Crippen molar-refractivity contribution < 1.29 is 14.0 Å². The highest BCUT2D eigenvalue weighted by atomic mass is 16.5. The van der Waals surface area contributed by atoms with Crippen LogP contribution < -0.4 is 4.74 Å². The van der Waals surface area contributed by atoms with Crippen molar-refractivity contribution in [3.63, 3.8) is 0 Å². The third-order valence-electron chi connectivity index (χ3n) is 4.12. The lowest BCUT2D eigenvalue weighted by atomic mass is 10.0. The molecule has 1 aliphatic rings. The van der Waals surface area contributed by atoms with Crippen LogP contribution in [0.4, 0.5) is 0 Å². The minimum atomic E-state index is -0.480. The van der Waals surface area contributed by atoms with E-state index in [4.69, 9.17) is 14.0 Å². The van der Waals surface area contributed by atoms with Crippen molar-refractivity contribution in [1.82, 2.24) is 10.1 Å². The molecule has 1 saturated carbocycles. The predicted molar refractivity (Wildman–Crippen MR) is 82.6 cm³/mol. The van der Waals surface area contributed by atoms with Gasteiger partial charge in [0.2, 0.25) is 5.82 Å². The molecule has 0 saturated heterocycles. The number of methoxy groups -OCH3 is 1. The highest BCUT2D eigenvalue weighted by Crippen LogP contribution is 2.47. The van der Waals surface area contributed by atoms with Crippen LogP contribution in [0.15, 0.2) is 28.8 Å². The third-order valence-corrected chi connectivity index (χ3v) is 4.12. The van der Waals surface area contributed by atoms with Gasteiger partial charge in [-0.05, 0) is 63.8 Å². The summed E-state index contributed by atoms with van der Waals surface area (Å²) in [6.07, 6.45) is 2.44. The van der Waals surface area contributed by atoms with E-state index < -0.39 is 5.60 Å². The number of ether oxygens (including phenoxy) is 2. The molecule has 0 N–H and O–H groups in total. The smallest absolute Gasteiger partial charge is 0.259 e. The van der Waals surface area contributed by atoms with Gasteiger partial charge in [-0.2, -0.15) is 4.98 Å². The summed E-state index contributed by atoms with van der Waals surface area (Å²) in [6, 6.07) is 7.71. The summed E-state index contributed by atoms with van der Waals surface area (Å²) in [5.74, 6) is 2.43. The molecule has 1 aromatic heterocycles. The number of hydrogen-bond donors (Lipinski definition) is 0. The Balaban J connectivity index is 1.81. The number of benzene rings is 1. The number of hydrogen-bond acceptors (Lipinski definition) is 5. The number of nitrogens with zero attached hydrogens (tertiary/aromatic N) is 2. The first-order chi connectivity index (χ1) is 10.5. The molecule has 3 rings (SSSR count). The second-order valence-electron chi connectivity index (χ2n) is 6.20. The van der Waals surface area contributed by atoms with Crippen LogP contribution in [0, 0.1) is 5.92 Å². The summed E-state index contributed by atoms with van der Waals surface area (Å²) in [5.41, 5.74) is 0.423. The summed E-state index contributed by atoms with van der Waals surface area (Å²) >= 11 is 0. The van der Waals surface area contributed by atoms with E-state index in [2.05, 4.69) is 10.1 Å². The molecule has 1 atom stereocenters. The van der Waals surface area contributed by atoms with Crippen LogP contribution in [-0.2, 0) is 10.3 Å². The van der Waals surface area contributed by atoms with Crippen molar-refractivity contribution >= 4 is 0 Å². The van der Waals surface area contributed by atoms with Crippen molar-refractivity contribution in [2.45, 2.75) is 45.3 Å². The summed E-state index contributed by atoms with van der Waals surface area (Å²) < 4.78 is 16.7. The summed E-state index contributed by atoms with van der Waals surface area (Å²) in [6.45, 7) is 6.02. The van der Waals surface area contributed by atoms with E-state index in [1.165, 1.54) is 0 Å². The first kappa shape index (κ1) is 15.0. The van der Waals surface area contributed by atoms with Crippen molar-refractivity contribution in [2.75, 3.05) is 7.11 Å². The van der Waals surface area contributed by atoms with Crippen LogP contribution in [0.25, 0.3) is 11.4 Å². The van der Waals surface area contributed by atoms with Crippen LogP contribution in [0.1, 0.15) is 39.5 Å². The van der Waals surface area contributed by atoms with Gasteiger partial charge < -0.3 is 14.0 Å².